The first kappa shape index (κ1) is 17.7. The van der Waals surface area contributed by atoms with Gasteiger partial charge in [-0.3, -0.25) is 4.90 Å². The Bertz CT molecular complexity index is 846. The van der Waals surface area contributed by atoms with Crippen LogP contribution in [0.4, 0.5) is 0 Å². The summed E-state index contributed by atoms with van der Waals surface area (Å²) in [4.78, 5) is 6.99. The van der Waals surface area contributed by atoms with Crippen LogP contribution < -0.4 is 4.74 Å². The minimum atomic E-state index is 0.556. The fraction of sp³-hybridized carbons (Fsp3) is 0.364. The molecule has 4 rings (SSSR count). The van der Waals surface area contributed by atoms with Crippen LogP contribution in [-0.4, -0.2) is 27.6 Å². The summed E-state index contributed by atoms with van der Waals surface area (Å²) >= 11 is 0. The normalized spacial score (nSPS) is 17.7. The van der Waals surface area contributed by atoms with Crippen molar-refractivity contribution in [2.24, 2.45) is 0 Å². The van der Waals surface area contributed by atoms with Gasteiger partial charge in [-0.05, 0) is 56.1 Å². The molecule has 2 heterocycles. The summed E-state index contributed by atoms with van der Waals surface area (Å²) in [5, 5.41) is 4.15. The fourth-order valence-electron chi connectivity index (χ4n) is 3.44. The van der Waals surface area contributed by atoms with E-state index in [-0.39, 0.29) is 0 Å². The number of hydrogen-bond acceptors (Lipinski definition) is 5. The average molecular weight is 363 g/mol. The van der Waals surface area contributed by atoms with Gasteiger partial charge in [0.2, 0.25) is 11.7 Å². The van der Waals surface area contributed by atoms with Gasteiger partial charge >= 0.3 is 0 Å². The van der Waals surface area contributed by atoms with E-state index < -0.39 is 0 Å². The summed E-state index contributed by atoms with van der Waals surface area (Å²) in [6, 6.07) is 18.6. The lowest BCUT2D eigenvalue weighted by molar-refractivity contribution is 0.135. The molecule has 1 fully saturated rings. The molecule has 1 aliphatic rings. The molecule has 27 heavy (non-hydrogen) atoms. The predicted molar refractivity (Wildman–Crippen MR) is 104 cm³/mol. The van der Waals surface area contributed by atoms with E-state index in [0.717, 1.165) is 30.0 Å². The lowest BCUT2D eigenvalue weighted by Gasteiger charge is -2.31. The first-order chi connectivity index (χ1) is 13.3. The van der Waals surface area contributed by atoms with Gasteiger partial charge in [0.25, 0.3) is 0 Å². The molecule has 0 N–H and O–H groups in total. The van der Waals surface area contributed by atoms with E-state index in [2.05, 4.69) is 34.1 Å². The van der Waals surface area contributed by atoms with Gasteiger partial charge in [-0.25, -0.2) is 0 Å². The fourth-order valence-corrected chi connectivity index (χ4v) is 3.44. The van der Waals surface area contributed by atoms with Crippen LogP contribution in [0.2, 0.25) is 0 Å². The number of hydrogen-bond donors (Lipinski definition) is 0. The van der Waals surface area contributed by atoms with Crippen LogP contribution in [0, 0.1) is 0 Å². The SMILES string of the molecule is C[C@@H]1CCCCN1Cc1nc(-c2ccc(OCc3ccccc3)cc2)no1. The van der Waals surface area contributed by atoms with Crippen LogP contribution in [0.5, 0.6) is 5.75 Å². The third-order valence-corrected chi connectivity index (χ3v) is 5.11. The van der Waals surface area contributed by atoms with Crippen LogP contribution in [0.3, 0.4) is 0 Å². The highest BCUT2D eigenvalue weighted by Crippen LogP contribution is 2.23. The molecule has 1 atom stereocenters. The molecule has 1 aliphatic heterocycles. The van der Waals surface area contributed by atoms with Crippen molar-refractivity contribution in [3.63, 3.8) is 0 Å². The average Bonchev–Trinajstić information content (AvgIpc) is 3.18. The van der Waals surface area contributed by atoms with Gasteiger partial charge in [0.15, 0.2) is 0 Å². The first-order valence-corrected chi connectivity index (χ1v) is 9.62. The zero-order chi connectivity index (χ0) is 18.5. The molecule has 0 amide bonds. The summed E-state index contributed by atoms with van der Waals surface area (Å²) < 4.78 is 11.3. The van der Waals surface area contributed by atoms with Gasteiger partial charge in [-0.2, -0.15) is 4.98 Å². The minimum Gasteiger partial charge on any atom is -0.489 e. The summed E-state index contributed by atoms with van der Waals surface area (Å²) in [5.41, 5.74) is 2.08. The van der Waals surface area contributed by atoms with Crippen molar-refractivity contribution in [1.29, 1.82) is 0 Å². The monoisotopic (exact) mass is 363 g/mol. The Morgan fingerprint density at radius 3 is 2.67 bits per heavy atom. The first-order valence-electron chi connectivity index (χ1n) is 9.62. The Morgan fingerprint density at radius 2 is 1.89 bits per heavy atom. The second-order valence-electron chi connectivity index (χ2n) is 7.13. The third-order valence-electron chi connectivity index (χ3n) is 5.11. The van der Waals surface area contributed by atoms with Crippen molar-refractivity contribution >= 4 is 0 Å². The second kappa shape index (κ2) is 8.35. The Hall–Kier alpha value is -2.66. The zero-order valence-corrected chi connectivity index (χ0v) is 15.7. The third kappa shape index (κ3) is 4.55. The van der Waals surface area contributed by atoms with Crippen molar-refractivity contribution in [3.8, 4) is 17.1 Å². The number of aromatic nitrogens is 2. The summed E-state index contributed by atoms with van der Waals surface area (Å²) in [6.07, 6.45) is 3.80. The molecular weight excluding hydrogens is 338 g/mol. The summed E-state index contributed by atoms with van der Waals surface area (Å²) in [6.45, 7) is 4.66. The molecule has 1 aromatic heterocycles. The lowest BCUT2D eigenvalue weighted by atomic mass is 10.0. The van der Waals surface area contributed by atoms with Crippen molar-refractivity contribution in [2.75, 3.05) is 6.54 Å². The van der Waals surface area contributed by atoms with Gasteiger partial charge in [-0.15, -0.1) is 0 Å². The van der Waals surface area contributed by atoms with Crippen LogP contribution in [0.25, 0.3) is 11.4 Å². The maximum atomic E-state index is 5.83. The van der Waals surface area contributed by atoms with Gasteiger partial charge in [0, 0.05) is 11.6 Å². The molecule has 5 nitrogen and oxygen atoms in total. The van der Waals surface area contributed by atoms with E-state index in [1.54, 1.807) is 0 Å². The lowest BCUT2D eigenvalue weighted by Crippen LogP contribution is -2.36. The maximum Gasteiger partial charge on any atom is 0.241 e. The quantitative estimate of drug-likeness (QED) is 0.636. The molecule has 0 spiro atoms. The minimum absolute atomic E-state index is 0.556. The number of rotatable bonds is 6. The summed E-state index contributed by atoms with van der Waals surface area (Å²) in [5.74, 6) is 2.14. The molecule has 0 unspecified atom stereocenters. The van der Waals surface area contributed by atoms with E-state index >= 15 is 0 Å². The largest absolute Gasteiger partial charge is 0.489 e. The van der Waals surface area contributed by atoms with Crippen molar-refractivity contribution in [3.05, 3.63) is 66.1 Å². The second-order valence-corrected chi connectivity index (χ2v) is 7.13. The van der Waals surface area contributed by atoms with Crippen LogP contribution in [0.15, 0.2) is 59.1 Å². The molecule has 2 aromatic carbocycles. The van der Waals surface area contributed by atoms with E-state index in [0.29, 0.717) is 24.4 Å². The molecular formula is C22H25N3O2. The molecule has 0 bridgehead atoms. The van der Waals surface area contributed by atoms with E-state index in [1.165, 1.54) is 19.3 Å². The van der Waals surface area contributed by atoms with Gasteiger partial charge < -0.3 is 9.26 Å². The van der Waals surface area contributed by atoms with E-state index in [9.17, 15) is 0 Å². The topological polar surface area (TPSA) is 51.4 Å². The smallest absolute Gasteiger partial charge is 0.241 e. The van der Waals surface area contributed by atoms with Crippen LogP contribution >= 0.6 is 0 Å². The maximum absolute atomic E-state index is 5.83. The molecule has 1 saturated heterocycles. The van der Waals surface area contributed by atoms with Crippen LogP contribution in [-0.2, 0) is 13.2 Å². The highest BCUT2D eigenvalue weighted by Gasteiger charge is 2.21. The standard InChI is InChI=1S/C22H25N3O2/c1-17-7-5-6-14-25(17)15-21-23-22(24-27-21)19-10-12-20(13-11-19)26-16-18-8-3-2-4-9-18/h2-4,8-13,17H,5-7,14-16H2,1H3/t17-/m1/s1. The van der Waals surface area contributed by atoms with E-state index in [4.69, 9.17) is 9.26 Å². The Morgan fingerprint density at radius 1 is 1.07 bits per heavy atom. The Kier molecular flexibility index (Phi) is 5.49. The van der Waals surface area contributed by atoms with Gasteiger partial charge in [0.1, 0.15) is 12.4 Å². The van der Waals surface area contributed by atoms with Crippen LogP contribution in [0.1, 0.15) is 37.6 Å². The Balaban J connectivity index is 1.37. The number of benzene rings is 2. The number of likely N-dealkylation sites (tertiary alicyclic amines) is 1. The highest BCUT2D eigenvalue weighted by molar-refractivity contribution is 5.55. The van der Waals surface area contributed by atoms with Gasteiger partial charge in [-0.1, -0.05) is 41.9 Å². The molecule has 140 valence electrons. The molecule has 3 aromatic rings. The molecule has 0 saturated carbocycles. The number of ether oxygens (including phenoxy) is 1. The molecule has 5 heteroatoms. The van der Waals surface area contributed by atoms with Crippen molar-refractivity contribution in [2.45, 2.75) is 45.4 Å². The predicted octanol–water partition coefficient (Wildman–Crippen LogP) is 4.69. The summed E-state index contributed by atoms with van der Waals surface area (Å²) in [7, 11) is 0. The molecule has 0 radical (unpaired) electrons. The van der Waals surface area contributed by atoms with Crippen molar-refractivity contribution in [1.82, 2.24) is 15.0 Å². The number of nitrogens with zero attached hydrogens (tertiary/aromatic N) is 3. The molecule has 0 aliphatic carbocycles. The van der Waals surface area contributed by atoms with E-state index in [1.807, 2.05) is 42.5 Å². The number of piperidine rings is 1. The Labute approximate surface area is 160 Å². The van der Waals surface area contributed by atoms with Crippen molar-refractivity contribution < 1.29 is 9.26 Å². The zero-order valence-electron chi connectivity index (χ0n) is 15.7. The highest BCUT2D eigenvalue weighted by atomic mass is 16.5. The van der Waals surface area contributed by atoms with Gasteiger partial charge in [0.05, 0.1) is 6.54 Å².